The third-order valence-corrected chi connectivity index (χ3v) is 4.81. The van der Waals surface area contributed by atoms with E-state index in [0.717, 1.165) is 18.3 Å². The van der Waals surface area contributed by atoms with Crippen molar-refractivity contribution in [2.24, 2.45) is 5.92 Å². The lowest BCUT2D eigenvalue weighted by atomic mass is 9.92. The molecule has 118 valence electrons. The maximum atomic E-state index is 5.77. The maximum Gasteiger partial charge on any atom is 0.124 e. The van der Waals surface area contributed by atoms with E-state index in [-0.39, 0.29) is 0 Å². The molecule has 1 aromatic carbocycles. The Kier molecular flexibility index (Phi) is 6.56. The molecule has 1 unspecified atom stereocenters. The van der Waals surface area contributed by atoms with Crippen molar-refractivity contribution < 1.29 is 4.74 Å². The van der Waals surface area contributed by atoms with Gasteiger partial charge in [0.1, 0.15) is 5.75 Å². The molecular weight excluding hydrogens is 258 g/mol. The average molecular weight is 289 g/mol. The second kappa shape index (κ2) is 8.43. The standard InChI is InChI=1S/C19H31NO/c1-4-21-19-14-10-9-13-18(19)16(3)20-15(2)17-11-7-5-6-8-12-17/h9-10,13-17,20H,4-8,11-12H2,1-3H3/t15-,16?/m1/s1. The number of hydrogen-bond donors (Lipinski definition) is 1. The molecule has 0 heterocycles. The van der Waals surface area contributed by atoms with Gasteiger partial charge in [0.25, 0.3) is 0 Å². The Labute approximate surface area is 130 Å². The summed E-state index contributed by atoms with van der Waals surface area (Å²) in [6, 6.07) is 9.33. The lowest BCUT2D eigenvalue weighted by Gasteiger charge is -2.28. The number of hydrogen-bond acceptors (Lipinski definition) is 2. The van der Waals surface area contributed by atoms with Gasteiger partial charge in [0.15, 0.2) is 0 Å². The SMILES string of the molecule is CCOc1ccccc1C(C)N[C@H](C)C1CCCCCC1. The summed E-state index contributed by atoms with van der Waals surface area (Å²) in [5, 5.41) is 3.81. The van der Waals surface area contributed by atoms with Gasteiger partial charge in [-0.15, -0.1) is 0 Å². The number of nitrogens with one attached hydrogen (secondary N) is 1. The minimum atomic E-state index is 0.339. The van der Waals surface area contributed by atoms with Crippen LogP contribution < -0.4 is 10.1 Å². The zero-order valence-corrected chi connectivity index (χ0v) is 13.9. The molecule has 1 N–H and O–H groups in total. The topological polar surface area (TPSA) is 21.3 Å². The van der Waals surface area contributed by atoms with Gasteiger partial charge < -0.3 is 10.1 Å². The van der Waals surface area contributed by atoms with E-state index in [1.165, 1.54) is 44.1 Å². The number of rotatable bonds is 6. The van der Waals surface area contributed by atoms with Gasteiger partial charge in [-0.05, 0) is 45.6 Å². The molecule has 0 spiro atoms. The van der Waals surface area contributed by atoms with Gasteiger partial charge in [-0.2, -0.15) is 0 Å². The van der Waals surface area contributed by atoms with E-state index in [4.69, 9.17) is 4.74 Å². The first-order valence-electron chi connectivity index (χ1n) is 8.70. The second-order valence-corrected chi connectivity index (χ2v) is 6.40. The summed E-state index contributed by atoms with van der Waals surface area (Å²) in [6.07, 6.45) is 8.42. The highest BCUT2D eigenvalue weighted by atomic mass is 16.5. The van der Waals surface area contributed by atoms with Crippen LogP contribution in [-0.2, 0) is 0 Å². The highest BCUT2D eigenvalue weighted by Crippen LogP contribution is 2.29. The Morgan fingerprint density at radius 2 is 1.76 bits per heavy atom. The quantitative estimate of drug-likeness (QED) is 0.736. The van der Waals surface area contributed by atoms with Crippen LogP contribution in [0.4, 0.5) is 0 Å². The predicted molar refractivity (Wildman–Crippen MR) is 89.8 cm³/mol. The lowest BCUT2D eigenvalue weighted by Crippen LogP contribution is -2.35. The van der Waals surface area contributed by atoms with Crippen molar-refractivity contribution in [1.29, 1.82) is 0 Å². The van der Waals surface area contributed by atoms with Crippen LogP contribution >= 0.6 is 0 Å². The number of para-hydroxylation sites is 1. The molecule has 2 nitrogen and oxygen atoms in total. The lowest BCUT2D eigenvalue weighted by molar-refractivity contribution is 0.304. The van der Waals surface area contributed by atoms with Crippen LogP contribution in [-0.4, -0.2) is 12.6 Å². The molecule has 0 bridgehead atoms. The van der Waals surface area contributed by atoms with Crippen LogP contribution in [0, 0.1) is 5.92 Å². The van der Waals surface area contributed by atoms with E-state index in [1.807, 2.05) is 6.92 Å². The zero-order chi connectivity index (χ0) is 15.1. The fourth-order valence-electron chi connectivity index (χ4n) is 3.56. The summed E-state index contributed by atoms with van der Waals surface area (Å²) < 4.78 is 5.77. The maximum absolute atomic E-state index is 5.77. The van der Waals surface area contributed by atoms with Gasteiger partial charge in [0.2, 0.25) is 0 Å². The van der Waals surface area contributed by atoms with Crippen molar-refractivity contribution in [3.05, 3.63) is 29.8 Å². The largest absolute Gasteiger partial charge is 0.494 e. The van der Waals surface area contributed by atoms with E-state index in [9.17, 15) is 0 Å². The Bertz CT molecular complexity index is 410. The molecular formula is C19H31NO. The fourth-order valence-corrected chi connectivity index (χ4v) is 3.56. The van der Waals surface area contributed by atoms with Gasteiger partial charge in [0, 0.05) is 17.6 Å². The molecule has 2 rings (SSSR count). The molecule has 0 saturated heterocycles. The van der Waals surface area contributed by atoms with Crippen molar-refractivity contribution in [1.82, 2.24) is 5.32 Å². The fraction of sp³-hybridized carbons (Fsp3) is 0.684. The van der Waals surface area contributed by atoms with Crippen LogP contribution in [0.25, 0.3) is 0 Å². The molecule has 0 radical (unpaired) electrons. The molecule has 1 saturated carbocycles. The third kappa shape index (κ3) is 4.74. The molecule has 1 aliphatic rings. The average Bonchev–Trinajstić information content (AvgIpc) is 2.77. The van der Waals surface area contributed by atoms with Gasteiger partial charge in [-0.25, -0.2) is 0 Å². The van der Waals surface area contributed by atoms with Gasteiger partial charge in [0.05, 0.1) is 6.61 Å². The van der Waals surface area contributed by atoms with Crippen LogP contribution in [0.15, 0.2) is 24.3 Å². The molecule has 21 heavy (non-hydrogen) atoms. The van der Waals surface area contributed by atoms with Crippen molar-refractivity contribution in [2.45, 2.75) is 71.4 Å². The highest BCUT2D eigenvalue weighted by molar-refractivity contribution is 5.35. The Balaban J connectivity index is 1.98. The minimum Gasteiger partial charge on any atom is -0.494 e. The molecule has 1 fully saturated rings. The van der Waals surface area contributed by atoms with Crippen molar-refractivity contribution in [3.8, 4) is 5.75 Å². The molecule has 0 amide bonds. The van der Waals surface area contributed by atoms with Crippen LogP contribution in [0.3, 0.4) is 0 Å². The summed E-state index contributed by atoms with van der Waals surface area (Å²) in [7, 11) is 0. The van der Waals surface area contributed by atoms with Crippen molar-refractivity contribution >= 4 is 0 Å². The molecule has 2 heteroatoms. The highest BCUT2D eigenvalue weighted by Gasteiger charge is 2.21. The van der Waals surface area contributed by atoms with Gasteiger partial charge in [-0.3, -0.25) is 0 Å². The van der Waals surface area contributed by atoms with E-state index in [2.05, 4.69) is 43.4 Å². The van der Waals surface area contributed by atoms with Crippen molar-refractivity contribution in [2.75, 3.05) is 6.61 Å². The first-order chi connectivity index (χ1) is 10.2. The molecule has 2 atom stereocenters. The summed E-state index contributed by atoms with van der Waals surface area (Å²) in [5.74, 6) is 1.85. The van der Waals surface area contributed by atoms with Gasteiger partial charge in [-0.1, -0.05) is 43.9 Å². The Hall–Kier alpha value is -1.02. The summed E-state index contributed by atoms with van der Waals surface area (Å²) in [5.41, 5.74) is 1.28. The minimum absolute atomic E-state index is 0.339. The number of benzene rings is 1. The van der Waals surface area contributed by atoms with E-state index < -0.39 is 0 Å². The van der Waals surface area contributed by atoms with Gasteiger partial charge >= 0.3 is 0 Å². The summed E-state index contributed by atoms with van der Waals surface area (Å²) in [4.78, 5) is 0. The number of ether oxygens (including phenoxy) is 1. The predicted octanol–water partition coefficient (Wildman–Crippen LogP) is 5.09. The molecule has 1 aliphatic carbocycles. The van der Waals surface area contributed by atoms with E-state index >= 15 is 0 Å². The molecule has 0 aromatic heterocycles. The van der Waals surface area contributed by atoms with Crippen LogP contribution in [0.1, 0.15) is 70.9 Å². The second-order valence-electron chi connectivity index (χ2n) is 6.40. The smallest absolute Gasteiger partial charge is 0.124 e. The first kappa shape index (κ1) is 16.4. The molecule has 0 aliphatic heterocycles. The Morgan fingerprint density at radius 1 is 1.10 bits per heavy atom. The summed E-state index contributed by atoms with van der Waals surface area (Å²) in [6.45, 7) is 7.38. The van der Waals surface area contributed by atoms with E-state index in [1.54, 1.807) is 0 Å². The Morgan fingerprint density at radius 3 is 2.43 bits per heavy atom. The zero-order valence-electron chi connectivity index (χ0n) is 13.9. The normalized spacial score (nSPS) is 19.8. The van der Waals surface area contributed by atoms with Crippen molar-refractivity contribution in [3.63, 3.8) is 0 Å². The van der Waals surface area contributed by atoms with E-state index in [0.29, 0.717) is 12.1 Å². The summed E-state index contributed by atoms with van der Waals surface area (Å²) >= 11 is 0. The van der Waals surface area contributed by atoms with Crippen LogP contribution in [0.2, 0.25) is 0 Å². The molecule has 1 aromatic rings. The van der Waals surface area contributed by atoms with Crippen LogP contribution in [0.5, 0.6) is 5.75 Å². The monoisotopic (exact) mass is 289 g/mol. The first-order valence-corrected chi connectivity index (χ1v) is 8.70. The third-order valence-electron chi connectivity index (χ3n) is 4.81.